The maximum Gasteiger partial charge on any atom is 0.320 e. The van der Waals surface area contributed by atoms with Crippen LogP contribution in [0.4, 0.5) is 0 Å². The quantitative estimate of drug-likeness (QED) is 0.0298. The fourth-order valence-electron chi connectivity index (χ4n) is 7.40. The summed E-state index contributed by atoms with van der Waals surface area (Å²) in [4.78, 5) is 107. The minimum Gasteiger partial charge on any atom is -0.548 e. The number of carboxylic acid groups (broad SMARTS) is 4. The van der Waals surface area contributed by atoms with E-state index in [0.29, 0.717) is 0 Å². The number of amides is 4. The number of hydrogen-bond acceptors (Lipinski definition) is 23. The Morgan fingerprint density at radius 1 is 0.353 bits per heavy atom. The first-order chi connectivity index (χ1) is 32.3. The van der Waals surface area contributed by atoms with Crippen LogP contribution < -0.4 is 36.6 Å². The molecule has 0 aliphatic carbocycles. The minimum absolute atomic E-state index is 0.335. The van der Waals surface area contributed by atoms with Crippen molar-refractivity contribution < 1.29 is 99.6 Å². The van der Waals surface area contributed by atoms with Gasteiger partial charge in [-0.25, -0.2) is 0 Å². The van der Waals surface area contributed by atoms with E-state index in [1.165, 1.54) is 19.6 Å². The molecule has 1 aliphatic heterocycles. The van der Waals surface area contributed by atoms with Crippen LogP contribution in [0, 0.1) is 0 Å². The summed E-state index contributed by atoms with van der Waals surface area (Å²) in [7, 11) is 0. The molecule has 28 nitrogen and oxygen atoms in total. The summed E-state index contributed by atoms with van der Waals surface area (Å²) in [6.45, 7) is -7.93. The summed E-state index contributed by atoms with van der Waals surface area (Å²) in [6, 6.07) is -10.7. The molecule has 0 radical (unpaired) electrons. The summed E-state index contributed by atoms with van der Waals surface area (Å²) in [6.07, 6.45) is -3.72. The van der Waals surface area contributed by atoms with Gasteiger partial charge < -0.3 is 96.9 Å². The van der Waals surface area contributed by atoms with E-state index in [2.05, 4.69) is 21.3 Å². The van der Waals surface area contributed by atoms with Crippen molar-refractivity contribution in [3.8, 4) is 0 Å². The number of carboxylic acids is 4. The molecule has 4 amide bonds. The topological polar surface area (TPSA) is 449 Å². The second-order valence-electron chi connectivity index (χ2n) is 16.2. The number of carbonyl (C=O) groups excluding carboxylic acids is 7. The Bertz CT molecular complexity index is 1330. The Morgan fingerprint density at radius 2 is 0.529 bits per heavy atom. The summed E-state index contributed by atoms with van der Waals surface area (Å²) in [5.74, 6) is -9.63. The molecule has 13 N–H and O–H groups in total. The van der Waals surface area contributed by atoms with Crippen LogP contribution >= 0.6 is 0 Å². The van der Waals surface area contributed by atoms with E-state index >= 15 is 0 Å². The molecule has 0 spiro atoms. The summed E-state index contributed by atoms with van der Waals surface area (Å²) >= 11 is 0. The normalized spacial score (nSPS) is 16.9. The van der Waals surface area contributed by atoms with Crippen molar-refractivity contribution in [2.24, 2.45) is 0 Å². The van der Waals surface area contributed by atoms with E-state index in [-0.39, 0.29) is 52.4 Å². The van der Waals surface area contributed by atoms with Crippen molar-refractivity contribution >= 4 is 47.5 Å². The average molecular weight is 982 g/mol. The van der Waals surface area contributed by atoms with E-state index in [4.69, 9.17) is 0 Å². The van der Waals surface area contributed by atoms with Gasteiger partial charge >= 0.3 is 5.97 Å². The van der Waals surface area contributed by atoms with E-state index in [1.54, 1.807) is 0 Å². The Balaban J connectivity index is 3.88. The Labute approximate surface area is 392 Å². The van der Waals surface area contributed by atoms with Gasteiger partial charge in [0, 0.05) is 96.2 Å². The van der Waals surface area contributed by atoms with E-state index in [0.717, 1.165) is 0 Å². The molecule has 1 fully saturated rings. The molecule has 4 atom stereocenters. The molecule has 1 heterocycles. The van der Waals surface area contributed by atoms with Crippen molar-refractivity contribution in [1.82, 2.24) is 40.9 Å². The largest absolute Gasteiger partial charge is 0.548 e. The van der Waals surface area contributed by atoms with Crippen LogP contribution in [-0.2, 0) is 38.4 Å². The van der Waals surface area contributed by atoms with Crippen molar-refractivity contribution in [3.63, 3.8) is 0 Å². The van der Waals surface area contributed by atoms with E-state index in [9.17, 15) is 99.6 Å². The predicted molar refractivity (Wildman–Crippen MR) is 225 cm³/mol. The van der Waals surface area contributed by atoms with Gasteiger partial charge in [0.05, 0.1) is 94.9 Å². The number of nitrogens with zero attached hydrogens (tertiary/aromatic N) is 4. The van der Waals surface area contributed by atoms with Gasteiger partial charge in [-0.05, 0) is 25.7 Å². The molecular weight excluding hydrogens is 912 g/mol. The molecule has 1 rings (SSSR count). The summed E-state index contributed by atoms with van der Waals surface area (Å²) in [5.41, 5.74) is 0. The van der Waals surface area contributed by atoms with Crippen LogP contribution in [0.5, 0.6) is 0 Å². The van der Waals surface area contributed by atoms with Crippen molar-refractivity contribution in [2.45, 2.75) is 99.7 Å². The van der Waals surface area contributed by atoms with Crippen LogP contribution in [0.2, 0.25) is 0 Å². The summed E-state index contributed by atoms with van der Waals surface area (Å²) in [5, 5.41) is 134. The highest BCUT2D eigenvalue weighted by Gasteiger charge is 2.33. The number of rotatable bonds is 32. The van der Waals surface area contributed by atoms with Crippen LogP contribution in [0.1, 0.15) is 51.4 Å². The zero-order chi connectivity index (χ0) is 51.3. The van der Waals surface area contributed by atoms with Gasteiger partial charge in [-0.2, -0.15) is 0 Å². The SMILES string of the molecule is O=C(CCC(C(=O)[O-])N1CCN(C(CCC(=O)NC(CO)CO)C(=O)[O-])CCN(C(CCC(=O)NC(CO)CO)C(=O)O)CCN(C(CCC(=O)NC(CO)CO)C(=O)[O-])CC1)NC(CO)CO. The number of aliphatic hydroxyl groups excluding tert-OH is 8. The Morgan fingerprint density at radius 3 is 0.691 bits per heavy atom. The Kier molecular flexibility index (Phi) is 30.4. The predicted octanol–water partition coefficient (Wildman–Crippen LogP) is -12.0. The minimum atomic E-state index is -1.71. The molecule has 1 saturated heterocycles. The highest BCUT2D eigenvalue weighted by molar-refractivity contribution is 5.80. The fraction of sp³-hybridized carbons (Fsp3) is 0.800. The smallest absolute Gasteiger partial charge is 0.320 e. The second kappa shape index (κ2) is 33.7. The maximum absolute atomic E-state index is 12.9. The molecule has 392 valence electrons. The molecule has 4 unspecified atom stereocenters. The van der Waals surface area contributed by atoms with E-state index in [1.807, 2.05) is 0 Å². The lowest BCUT2D eigenvalue weighted by Gasteiger charge is -2.42. The first kappa shape index (κ1) is 61.3. The highest BCUT2D eigenvalue weighted by Crippen LogP contribution is 2.18. The van der Waals surface area contributed by atoms with Gasteiger partial charge in [0.2, 0.25) is 23.6 Å². The number of hydrogen-bond donors (Lipinski definition) is 13. The van der Waals surface area contributed by atoms with Crippen LogP contribution in [0.15, 0.2) is 0 Å². The molecule has 28 heteroatoms. The lowest BCUT2D eigenvalue weighted by Crippen LogP contribution is -2.59. The first-order valence-corrected chi connectivity index (χ1v) is 22.2. The number of carbonyl (C=O) groups is 8. The van der Waals surface area contributed by atoms with Gasteiger partial charge in [-0.15, -0.1) is 0 Å². The second-order valence-corrected chi connectivity index (χ2v) is 16.2. The molecule has 0 bridgehead atoms. The van der Waals surface area contributed by atoms with Crippen LogP contribution in [0.3, 0.4) is 0 Å². The molecule has 0 aromatic heterocycles. The number of aliphatic hydroxyl groups is 8. The first-order valence-electron chi connectivity index (χ1n) is 22.2. The van der Waals surface area contributed by atoms with Crippen LogP contribution in [0.25, 0.3) is 0 Å². The standard InChI is InChI=1S/C40H72N8O20/c49-17-25(18-50)41-33(57)5-1-29(37(61)62)45-9-11-46(30(38(63)64)2-6-34(58)42-26(19-51)20-52)13-15-48(32(40(67)68)4-8-36(60)44-28(23-55)24-56)16-14-47(12-10-45)31(39(65)66)3-7-35(59)43-27(21-53)22-54/h25-32,49-56H,1-24H2,(H,41,57)(H,42,58)(H,43,59)(H,44,60)(H,61,62)(H,63,64)(H,65,66)(H,67,68)/p-3. The zero-order valence-electron chi connectivity index (χ0n) is 37.9. The fourth-order valence-corrected chi connectivity index (χ4v) is 7.40. The zero-order valence-corrected chi connectivity index (χ0v) is 37.9. The molecule has 0 saturated carbocycles. The van der Waals surface area contributed by atoms with Crippen molar-refractivity contribution in [1.29, 1.82) is 0 Å². The highest BCUT2D eigenvalue weighted by atomic mass is 16.4. The van der Waals surface area contributed by atoms with Gasteiger partial charge in [-0.1, -0.05) is 0 Å². The molecular formula is C40H69N8O20-3. The lowest BCUT2D eigenvalue weighted by molar-refractivity contribution is -0.314. The summed E-state index contributed by atoms with van der Waals surface area (Å²) < 4.78 is 0. The van der Waals surface area contributed by atoms with Gasteiger partial charge in [0.15, 0.2) is 0 Å². The monoisotopic (exact) mass is 981 g/mol. The van der Waals surface area contributed by atoms with E-state index < -0.39 is 200 Å². The Hall–Kier alpha value is -4.72. The number of aliphatic carboxylic acids is 4. The molecule has 0 aromatic rings. The van der Waals surface area contributed by atoms with Gasteiger partial charge in [0.25, 0.3) is 0 Å². The third-order valence-electron chi connectivity index (χ3n) is 11.4. The third kappa shape index (κ3) is 22.6. The third-order valence-corrected chi connectivity index (χ3v) is 11.4. The number of nitrogens with one attached hydrogen (secondary N) is 4. The van der Waals surface area contributed by atoms with Crippen molar-refractivity contribution in [2.75, 3.05) is 105 Å². The van der Waals surface area contributed by atoms with Crippen LogP contribution in [-0.4, -0.2) is 267 Å². The maximum atomic E-state index is 12.9. The molecule has 1 aliphatic rings. The average Bonchev–Trinajstić information content (AvgIpc) is 3.30. The van der Waals surface area contributed by atoms with Gasteiger partial charge in [-0.3, -0.25) is 43.6 Å². The van der Waals surface area contributed by atoms with Gasteiger partial charge in [0.1, 0.15) is 6.04 Å². The molecule has 0 aromatic carbocycles. The molecule has 68 heavy (non-hydrogen) atoms. The van der Waals surface area contributed by atoms with Crippen molar-refractivity contribution in [3.05, 3.63) is 0 Å². The lowest BCUT2D eigenvalue weighted by atomic mass is 10.1.